The van der Waals surface area contributed by atoms with Gasteiger partial charge in [0.05, 0.1) is 10.0 Å². The molecule has 1 N–H and O–H groups in total. The van der Waals surface area contributed by atoms with E-state index in [0.717, 1.165) is 6.08 Å². The summed E-state index contributed by atoms with van der Waals surface area (Å²) in [5.41, 5.74) is 1.09. The quantitative estimate of drug-likeness (QED) is 0.819. The van der Waals surface area contributed by atoms with Gasteiger partial charge in [-0.1, -0.05) is 47.5 Å². The van der Waals surface area contributed by atoms with Crippen molar-refractivity contribution in [2.45, 2.75) is 0 Å². The fourth-order valence-corrected chi connectivity index (χ4v) is 2.02. The summed E-state index contributed by atoms with van der Waals surface area (Å²) in [7, 11) is 0. The molecule has 0 aromatic heterocycles. The lowest BCUT2D eigenvalue weighted by molar-refractivity contribution is -0.131. The van der Waals surface area contributed by atoms with Crippen molar-refractivity contribution in [2.75, 3.05) is 0 Å². The van der Waals surface area contributed by atoms with Crippen molar-refractivity contribution in [3.05, 3.63) is 63.9 Å². The van der Waals surface area contributed by atoms with Crippen molar-refractivity contribution in [2.24, 2.45) is 0 Å². The average Bonchev–Trinajstić information content (AvgIpc) is 2.41. The molecule has 0 radical (unpaired) electrons. The second-order valence-electron chi connectivity index (χ2n) is 4.01. The molecule has 2 aromatic carbocycles. The van der Waals surface area contributed by atoms with Gasteiger partial charge in [0.25, 0.3) is 0 Å². The first-order valence-electron chi connectivity index (χ1n) is 5.64. The van der Waals surface area contributed by atoms with E-state index in [4.69, 9.17) is 28.3 Å². The van der Waals surface area contributed by atoms with E-state index in [2.05, 4.69) is 0 Å². The number of rotatable bonds is 3. The molecule has 2 rings (SSSR count). The molecule has 102 valence electrons. The van der Waals surface area contributed by atoms with Crippen LogP contribution in [0.1, 0.15) is 5.56 Å². The summed E-state index contributed by atoms with van der Waals surface area (Å²) in [6.07, 6.45) is 2.09. The summed E-state index contributed by atoms with van der Waals surface area (Å²) < 4.78 is 14.3. The smallest absolute Gasteiger partial charge is 0.328 e. The molecule has 0 spiro atoms. The molecular weight excluding hydrogens is 302 g/mol. The van der Waals surface area contributed by atoms with Crippen LogP contribution >= 0.6 is 23.2 Å². The minimum Gasteiger partial charge on any atom is -0.478 e. The number of carbonyl (C=O) groups is 1. The van der Waals surface area contributed by atoms with Gasteiger partial charge in [-0.25, -0.2) is 9.18 Å². The van der Waals surface area contributed by atoms with E-state index in [0.29, 0.717) is 21.2 Å². The molecular formula is C15H9Cl2FO2. The van der Waals surface area contributed by atoms with E-state index in [-0.39, 0.29) is 5.56 Å². The van der Waals surface area contributed by atoms with Gasteiger partial charge in [-0.15, -0.1) is 0 Å². The summed E-state index contributed by atoms with van der Waals surface area (Å²) in [6.45, 7) is 0. The van der Waals surface area contributed by atoms with Crippen molar-refractivity contribution < 1.29 is 14.3 Å². The molecule has 0 aliphatic carbocycles. The predicted molar refractivity (Wildman–Crippen MR) is 78.5 cm³/mol. The van der Waals surface area contributed by atoms with Crippen LogP contribution in [0.5, 0.6) is 0 Å². The van der Waals surface area contributed by atoms with Crippen LogP contribution < -0.4 is 0 Å². The van der Waals surface area contributed by atoms with Gasteiger partial charge >= 0.3 is 5.97 Å². The summed E-state index contributed by atoms with van der Waals surface area (Å²) in [5, 5.41) is 9.29. The fourth-order valence-electron chi connectivity index (χ4n) is 1.73. The number of benzene rings is 2. The Kier molecular flexibility index (Phi) is 4.42. The molecule has 2 nitrogen and oxygen atoms in total. The second kappa shape index (κ2) is 6.07. The van der Waals surface area contributed by atoms with Gasteiger partial charge in [-0.05, 0) is 23.8 Å². The minimum atomic E-state index is -1.13. The molecule has 0 atom stereocenters. The van der Waals surface area contributed by atoms with Crippen molar-refractivity contribution in [1.82, 2.24) is 0 Å². The fraction of sp³-hybridized carbons (Fsp3) is 0. The van der Waals surface area contributed by atoms with E-state index in [1.54, 1.807) is 30.3 Å². The number of hydrogen-bond donors (Lipinski definition) is 1. The number of carboxylic acids is 1. The first kappa shape index (κ1) is 14.6. The van der Waals surface area contributed by atoms with Crippen LogP contribution in [0.25, 0.3) is 17.2 Å². The Labute approximate surface area is 125 Å². The Balaban J connectivity index is 2.49. The van der Waals surface area contributed by atoms with E-state index >= 15 is 0 Å². The van der Waals surface area contributed by atoms with Gasteiger partial charge in [-0.2, -0.15) is 0 Å². The van der Waals surface area contributed by atoms with Gasteiger partial charge < -0.3 is 5.11 Å². The Hall–Kier alpha value is -1.84. The summed E-state index contributed by atoms with van der Waals surface area (Å²) in [6, 6.07) is 9.52. The molecule has 0 amide bonds. The average molecular weight is 311 g/mol. The summed E-state index contributed by atoms with van der Waals surface area (Å²) >= 11 is 11.7. The largest absolute Gasteiger partial charge is 0.478 e. The molecule has 0 heterocycles. The zero-order valence-corrected chi connectivity index (χ0v) is 11.6. The van der Waals surface area contributed by atoms with E-state index in [1.165, 1.54) is 12.1 Å². The highest BCUT2D eigenvalue weighted by atomic mass is 35.5. The highest BCUT2D eigenvalue weighted by Gasteiger charge is 2.10. The van der Waals surface area contributed by atoms with Crippen LogP contribution in [0.4, 0.5) is 4.39 Å². The zero-order valence-electron chi connectivity index (χ0n) is 10.1. The number of halogens is 3. The Morgan fingerprint density at radius 3 is 2.55 bits per heavy atom. The lowest BCUT2D eigenvalue weighted by Crippen LogP contribution is -1.91. The number of hydrogen-bond acceptors (Lipinski definition) is 1. The van der Waals surface area contributed by atoms with Gasteiger partial charge in [-0.3, -0.25) is 0 Å². The van der Waals surface area contributed by atoms with Crippen molar-refractivity contribution in [3.63, 3.8) is 0 Å². The van der Waals surface area contributed by atoms with Gasteiger partial charge in [0.1, 0.15) is 5.82 Å². The first-order valence-corrected chi connectivity index (χ1v) is 6.39. The molecule has 2 aromatic rings. The van der Waals surface area contributed by atoms with E-state index in [1.807, 2.05) is 0 Å². The van der Waals surface area contributed by atoms with Gasteiger partial charge in [0, 0.05) is 17.2 Å². The Morgan fingerprint density at radius 2 is 1.90 bits per heavy atom. The number of carboxylic acid groups (broad SMARTS) is 1. The maximum absolute atomic E-state index is 14.3. The molecule has 0 aliphatic heterocycles. The standard InChI is InChI=1S/C15H9Cl2FO2/c16-12-6-4-10(8-13(12)17)11-3-1-2-9(15(11)18)5-7-14(19)20/h1-8H,(H,19,20)/b7-5+. The second-order valence-corrected chi connectivity index (χ2v) is 4.82. The highest BCUT2D eigenvalue weighted by Crippen LogP contribution is 2.31. The SMILES string of the molecule is O=C(O)/C=C/c1cccc(-c2ccc(Cl)c(Cl)c2)c1F. The molecule has 0 unspecified atom stereocenters. The Morgan fingerprint density at radius 1 is 1.15 bits per heavy atom. The third-order valence-electron chi connectivity index (χ3n) is 2.66. The minimum absolute atomic E-state index is 0.191. The molecule has 0 aliphatic rings. The monoisotopic (exact) mass is 310 g/mol. The highest BCUT2D eigenvalue weighted by molar-refractivity contribution is 6.42. The third kappa shape index (κ3) is 3.18. The summed E-state index contributed by atoms with van der Waals surface area (Å²) in [4.78, 5) is 10.5. The van der Waals surface area contributed by atoms with Crippen LogP contribution in [-0.2, 0) is 4.79 Å². The number of aliphatic carboxylic acids is 1. The van der Waals surface area contributed by atoms with Crippen LogP contribution in [0, 0.1) is 5.82 Å². The van der Waals surface area contributed by atoms with Crippen LogP contribution in [-0.4, -0.2) is 11.1 Å². The summed E-state index contributed by atoms with van der Waals surface area (Å²) in [5.74, 6) is -1.65. The molecule has 0 saturated carbocycles. The van der Waals surface area contributed by atoms with E-state index < -0.39 is 11.8 Å². The molecule has 5 heteroatoms. The van der Waals surface area contributed by atoms with E-state index in [9.17, 15) is 9.18 Å². The topological polar surface area (TPSA) is 37.3 Å². The van der Waals surface area contributed by atoms with Crippen LogP contribution in [0.2, 0.25) is 10.0 Å². The zero-order chi connectivity index (χ0) is 14.7. The molecule has 0 bridgehead atoms. The first-order chi connectivity index (χ1) is 9.49. The lowest BCUT2D eigenvalue weighted by Gasteiger charge is -2.07. The normalized spacial score (nSPS) is 10.9. The maximum Gasteiger partial charge on any atom is 0.328 e. The molecule has 0 fully saturated rings. The maximum atomic E-state index is 14.3. The predicted octanol–water partition coefficient (Wildman–Crippen LogP) is 4.90. The van der Waals surface area contributed by atoms with Crippen molar-refractivity contribution in [1.29, 1.82) is 0 Å². The van der Waals surface area contributed by atoms with Gasteiger partial charge in [0.15, 0.2) is 0 Å². The third-order valence-corrected chi connectivity index (χ3v) is 3.40. The Bertz CT molecular complexity index is 696. The van der Waals surface area contributed by atoms with Gasteiger partial charge in [0.2, 0.25) is 0 Å². The van der Waals surface area contributed by atoms with Crippen LogP contribution in [0.15, 0.2) is 42.5 Å². The lowest BCUT2D eigenvalue weighted by atomic mass is 10.0. The molecule has 0 saturated heterocycles. The van der Waals surface area contributed by atoms with Crippen molar-refractivity contribution in [3.8, 4) is 11.1 Å². The van der Waals surface area contributed by atoms with Crippen molar-refractivity contribution >= 4 is 35.2 Å². The van der Waals surface area contributed by atoms with Crippen LogP contribution in [0.3, 0.4) is 0 Å². The molecule has 20 heavy (non-hydrogen) atoms.